The Bertz CT molecular complexity index is 851. The van der Waals surface area contributed by atoms with Gasteiger partial charge in [0.05, 0.1) is 6.04 Å². The van der Waals surface area contributed by atoms with Crippen LogP contribution in [0.5, 0.6) is 5.75 Å². The lowest BCUT2D eigenvalue weighted by atomic mass is 9.98. The summed E-state index contributed by atoms with van der Waals surface area (Å²) in [7, 11) is 0. The number of para-hydroxylation sites is 1. The van der Waals surface area contributed by atoms with Crippen LogP contribution in [0, 0.1) is 0 Å². The molecular weight excluding hydrogens is 346 g/mol. The van der Waals surface area contributed by atoms with Gasteiger partial charge in [-0.1, -0.05) is 92.7 Å². The van der Waals surface area contributed by atoms with Crippen molar-refractivity contribution in [1.29, 1.82) is 0 Å². The second kappa shape index (κ2) is 9.23. The zero-order valence-corrected chi connectivity index (χ0v) is 16.6. The van der Waals surface area contributed by atoms with Gasteiger partial charge in [-0.25, -0.2) is 0 Å². The summed E-state index contributed by atoms with van der Waals surface area (Å²) in [6.45, 7) is 6.03. The summed E-state index contributed by atoms with van der Waals surface area (Å²) in [4.78, 5) is 12.9. The van der Waals surface area contributed by atoms with Crippen LogP contribution in [0.4, 0.5) is 0 Å². The van der Waals surface area contributed by atoms with Crippen LogP contribution in [0.1, 0.15) is 49.4 Å². The molecule has 0 bridgehead atoms. The van der Waals surface area contributed by atoms with E-state index in [9.17, 15) is 4.79 Å². The van der Waals surface area contributed by atoms with E-state index in [1.54, 1.807) is 6.92 Å². The quantitative estimate of drug-likeness (QED) is 0.595. The lowest BCUT2D eigenvalue weighted by Gasteiger charge is -2.23. The van der Waals surface area contributed by atoms with E-state index in [0.29, 0.717) is 5.92 Å². The molecule has 144 valence electrons. The maximum absolute atomic E-state index is 12.9. The van der Waals surface area contributed by atoms with Crippen LogP contribution >= 0.6 is 0 Å². The van der Waals surface area contributed by atoms with E-state index in [4.69, 9.17) is 4.74 Å². The van der Waals surface area contributed by atoms with Crippen molar-refractivity contribution < 1.29 is 9.53 Å². The molecule has 0 spiro atoms. The summed E-state index contributed by atoms with van der Waals surface area (Å²) in [5, 5.41) is 3.15. The number of hydrogen-bond donors (Lipinski definition) is 1. The van der Waals surface area contributed by atoms with Crippen molar-refractivity contribution in [2.75, 3.05) is 0 Å². The van der Waals surface area contributed by atoms with Gasteiger partial charge in [0.15, 0.2) is 6.10 Å². The van der Waals surface area contributed by atoms with Crippen LogP contribution in [0.25, 0.3) is 0 Å². The second-order valence-corrected chi connectivity index (χ2v) is 7.22. The first-order chi connectivity index (χ1) is 13.6. The summed E-state index contributed by atoms with van der Waals surface area (Å²) < 4.78 is 6.03. The molecule has 0 aliphatic rings. The highest BCUT2D eigenvalue weighted by Crippen LogP contribution is 2.27. The molecule has 0 saturated heterocycles. The van der Waals surface area contributed by atoms with E-state index in [2.05, 4.69) is 19.2 Å². The lowest BCUT2D eigenvalue weighted by molar-refractivity contribution is -0.127. The van der Waals surface area contributed by atoms with Crippen molar-refractivity contribution in [2.45, 2.75) is 38.8 Å². The number of rotatable bonds is 7. The van der Waals surface area contributed by atoms with Gasteiger partial charge >= 0.3 is 0 Å². The minimum Gasteiger partial charge on any atom is -0.481 e. The first-order valence-electron chi connectivity index (χ1n) is 9.72. The molecule has 3 aromatic carbocycles. The molecule has 0 fully saturated rings. The van der Waals surface area contributed by atoms with Gasteiger partial charge in [-0.3, -0.25) is 4.79 Å². The third kappa shape index (κ3) is 4.80. The average Bonchev–Trinajstić information content (AvgIpc) is 2.73. The van der Waals surface area contributed by atoms with Crippen molar-refractivity contribution in [3.05, 3.63) is 102 Å². The molecule has 0 heterocycles. The Morgan fingerprint density at radius 2 is 1.25 bits per heavy atom. The Morgan fingerprint density at radius 1 is 0.750 bits per heavy atom. The van der Waals surface area contributed by atoms with E-state index < -0.39 is 6.10 Å². The lowest BCUT2D eigenvalue weighted by Crippen LogP contribution is -2.39. The predicted molar refractivity (Wildman–Crippen MR) is 113 cm³/mol. The number of benzene rings is 3. The molecule has 3 heteroatoms. The van der Waals surface area contributed by atoms with Crippen LogP contribution in [-0.4, -0.2) is 12.0 Å². The Labute approximate surface area is 167 Å². The molecular formula is C25H27NO2. The molecule has 1 amide bonds. The number of nitrogens with one attached hydrogen (secondary N) is 1. The van der Waals surface area contributed by atoms with Crippen LogP contribution < -0.4 is 10.1 Å². The fourth-order valence-corrected chi connectivity index (χ4v) is 3.22. The summed E-state index contributed by atoms with van der Waals surface area (Å²) in [5.74, 6) is 0.945. The number of carbonyl (C=O) groups is 1. The second-order valence-electron chi connectivity index (χ2n) is 7.22. The molecule has 0 radical (unpaired) electrons. The molecule has 0 saturated carbocycles. The maximum Gasteiger partial charge on any atom is 0.261 e. The summed E-state index contributed by atoms with van der Waals surface area (Å²) in [5.41, 5.74) is 3.18. The molecule has 1 atom stereocenters. The Hall–Kier alpha value is -3.07. The van der Waals surface area contributed by atoms with Crippen molar-refractivity contribution in [1.82, 2.24) is 5.32 Å². The van der Waals surface area contributed by atoms with E-state index in [1.807, 2.05) is 84.9 Å². The van der Waals surface area contributed by atoms with Gasteiger partial charge < -0.3 is 10.1 Å². The van der Waals surface area contributed by atoms with Crippen molar-refractivity contribution >= 4 is 5.91 Å². The first-order valence-corrected chi connectivity index (χ1v) is 9.72. The zero-order chi connectivity index (χ0) is 19.9. The molecule has 0 aliphatic heterocycles. The largest absolute Gasteiger partial charge is 0.481 e. The topological polar surface area (TPSA) is 38.3 Å². The third-order valence-corrected chi connectivity index (χ3v) is 4.77. The molecule has 3 rings (SSSR count). The predicted octanol–water partition coefficient (Wildman–Crippen LogP) is 5.48. The summed E-state index contributed by atoms with van der Waals surface area (Å²) >= 11 is 0. The Morgan fingerprint density at radius 3 is 1.79 bits per heavy atom. The number of amides is 1. The average molecular weight is 373 g/mol. The number of hydrogen-bond acceptors (Lipinski definition) is 2. The third-order valence-electron chi connectivity index (χ3n) is 4.77. The minimum atomic E-state index is -0.602. The van der Waals surface area contributed by atoms with Crippen LogP contribution in [-0.2, 0) is 4.79 Å². The molecule has 28 heavy (non-hydrogen) atoms. The molecule has 1 N–H and O–H groups in total. The van der Waals surface area contributed by atoms with Crippen LogP contribution in [0.2, 0.25) is 0 Å². The monoisotopic (exact) mass is 373 g/mol. The smallest absolute Gasteiger partial charge is 0.261 e. The normalized spacial score (nSPS) is 12.0. The van der Waals surface area contributed by atoms with E-state index >= 15 is 0 Å². The summed E-state index contributed by atoms with van der Waals surface area (Å²) in [6.07, 6.45) is -0.602. The van der Waals surface area contributed by atoms with Crippen LogP contribution in [0.3, 0.4) is 0 Å². The highest BCUT2D eigenvalue weighted by atomic mass is 16.5. The summed E-state index contributed by atoms with van der Waals surface area (Å²) in [6, 6.07) is 27.6. The molecule has 0 aromatic heterocycles. The van der Waals surface area contributed by atoms with Gasteiger partial charge in [0.2, 0.25) is 0 Å². The minimum absolute atomic E-state index is 0.142. The highest BCUT2D eigenvalue weighted by Gasteiger charge is 2.22. The van der Waals surface area contributed by atoms with E-state index in [1.165, 1.54) is 0 Å². The van der Waals surface area contributed by atoms with E-state index in [0.717, 1.165) is 22.4 Å². The standard InChI is InChI=1S/C25H27NO2/c1-18(2)22-16-10-11-17-23(22)28-19(3)25(27)26-24(20-12-6-4-7-13-20)21-14-8-5-9-15-21/h4-19,24H,1-3H3,(H,26,27)/t19-/m1/s1. The number of carbonyl (C=O) groups excluding carboxylic acids is 1. The number of ether oxygens (including phenoxy) is 1. The zero-order valence-electron chi connectivity index (χ0n) is 16.6. The first kappa shape index (κ1) is 19.7. The fraction of sp³-hybridized carbons (Fsp3) is 0.240. The molecule has 3 nitrogen and oxygen atoms in total. The maximum atomic E-state index is 12.9. The highest BCUT2D eigenvalue weighted by molar-refractivity contribution is 5.81. The SMILES string of the molecule is CC(C)c1ccccc1O[C@H](C)C(=O)NC(c1ccccc1)c1ccccc1. The van der Waals surface area contributed by atoms with Crippen molar-refractivity contribution in [2.24, 2.45) is 0 Å². The van der Waals surface area contributed by atoms with Crippen LogP contribution in [0.15, 0.2) is 84.9 Å². The molecule has 0 unspecified atom stereocenters. The fourth-order valence-electron chi connectivity index (χ4n) is 3.22. The van der Waals surface area contributed by atoms with Gasteiger partial charge in [0.1, 0.15) is 5.75 Å². The van der Waals surface area contributed by atoms with Crippen molar-refractivity contribution in [3.63, 3.8) is 0 Å². The Balaban J connectivity index is 1.79. The van der Waals surface area contributed by atoms with Gasteiger partial charge in [0.25, 0.3) is 5.91 Å². The van der Waals surface area contributed by atoms with Gasteiger partial charge in [0, 0.05) is 0 Å². The molecule has 0 aliphatic carbocycles. The van der Waals surface area contributed by atoms with Gasteiger partial charge in [-0.2, -0.15) is 0 Å². The van der Waals surface area contributed by atoms with E-state index in [-0.39, 0.29) is 11.9 Å². The van der Waals surface area contributed by atoms with Gasteiger partial charge in [-0.05, 0) is 35.6 Å². The molecule has 3 aromatic rings. The van der Waals surface area contributed by atoms with Crippen molar-refractivity contribution in [3.8, 4) is 5.75 Å². The Kier molecular flexibility index (Phi) is 6.49. The van der Waals surface area contributed by atoms with Gasteiger partial charge in [-0.15, -0.1) is 0 Å².